The number of nitrogens with one attached hydrogen (secondary N) is 2. The SMILES string of the molecule is CCCCCCCCCCOC(NC(C)(C)C)NC(C)(C)C. The summed E-state index contributed by atoms with van der Waals surface area (Å²) in [5, 5.41) is 7.01. The summed E-state index contributed by atoms with van der Waals surface area (Å²) >= 11 is 0. The van der Waals surface area contributed by atoms with Gasteiger partial charge in [-0.2, -0.15) is 0 Å². The van der Waals surface area contributed by atoms with Gasteiger partial charge < -0.3 is 4.74 Å². The molecule has 0 unspecified atom stereocenters. The van der Waals surface area contributed by atoms with E-state index in [9.17, 15) is 0 Å². The standard InChI is InChI=1S/C19H42N2O/c1-8-9-10-11-12-13-14-15-16-22-17(20-18(2,3)4)21-19(5,6)7/h17,20-21H,8-16H2,1-7H3. The van der Waals surface area contributed by atoms with Gasteiger partial charge in [0.05, 0.1) is 6.61 Å². The van der Waals surface area contributed by atoms with E-state index in [0.29, 0.717) is 0 Å². The molecule has 3 heteroatoms. The van der Waals surface area contributed by atoms with E-state index in [2.05, 4.69) is 59.1 Å². The molecule has 0 aliphatic heterocycles. The van der Waals surface area contributed by atoms with Crippen LogP contribution in [0.25, 0.3) is 0 Å². The van der Waals surface area contributed by atoms with Crippen molar-refractivity contribution in [2.45, 2.75) is 117 Å². The lowest BCUT2D eigenvalue weighted by Gasteiger charge is -2.34. The van der Waals surface area contributed by atoms with Crippen LogP contribution in [-0.2, 0) is 4.74 Å². The van der Waals surface area contributed by atoms with Gasteiger partial charge in [-0.3, -0.25) is 10.6 Å². The fraction of sp³-hybridized carbons (Fsp3) is 1.00. The second-order valence-electron chi connectivity index (χ2n) is 8.51. The van der Waals surface area contributed by atoms with E-state index < -0.39 is 0 Å². The minimum Gasteiger partial charge on any atom is -0.350 e. The predicted octanol–water partition coefficient (Wildman–Crippen LogP) is 5.20. The summed E-state index contributed by atoms with van der Waals surface area (Å²) in [5.41, 5.74) is 0.0877. The van der Waals surface area contributed by atoms with Crippen molar-refractivity contribution in [3.63, 3.8) is 0 Å². The molecular weight excluding hydrogens is 272 g/mol. The summed E-state index contributed by atoms with van der Waals surface area (Å²) in [5.74, 6) is 0. The lowest BCUT2D eigenvalue weighted by atomic mass is 10.1. The molecule has 0 aliphatic carbocycles. The topological polar surface area (TPSA) is 33.3 Å². The fourth-order valence-electron chi connectivity index (χ4n) is 2.34. The third kappa shape index (κ3) is 16.3. The molecule has 0 aromatic rings. The molecule has 0 saturated carbocycles. The van der Waals surface area contributed by atoms with Gasteiger partial charge in [0, 0.05) is 11.1 Å². The summed E-state index contributed by atoms with van der Waals surface area (Å²) in [6.45, 7) is 16.1. The molecule has 2 N–H and O–H groups in total. The molecule has 0 aromatic heterocycles. The molecular formula is C19H42N2O. The molecule has 22 heavy (non-hydrogen) atoms. The highest BCUT2D eigenvalue weighted by Crippen LogP contribution is 2.10. The van der Waals surface area contributed by atoms with Crippen LogP contribution in [0.15, 0.2) is 0 Å². The molecule has 0 aromatic carbocycles. The molecule has 0 radical (unpaired) electrons. The monoisotopic (exact) mass is 314 g/mol. The Hall–Kier alpha value is -0.120. The zero-order chi connectivity index (χ0) is 17.1. The highest BCUT2D eigenvalue weighted by atomic mass is 16.5. The Kier molecular flexibility index (Phi) is 11.4. The van der Waals surface area contributed by atoms with E-state index in [-0.39, 0.29) is 17.4 Å². The summed E-state index contributed by atoms with van der Waals surface area (Å²) in [6, 6.07) is 0. The van der Waals surface area contributed by atoms with E-state index in [1.807, 2.05) is 0 Å². The van der Waals surface area contributed by atoms with E-state index in [1.165, 1.54) is 44.9 Å². The zero-order valence-electron chi connectivity index (χ0n) is 16.3. The van der Waals surface area contributed by atoms with Gasteiger partial charge in [-0.05, 0) is 48.0 Å². The Morgan fingerprint density at radius 2 is 1.09 bits per heavy atom. The summed E-state index contributed by atoms with van der Waals surface area (Å²) < 4.78 is 6.02. The number of hydrogen-bond donors (Lipinski definition) is 2. The molecule has 134 valence electrons. The third-order valence-corrected chi connectivity index (χ3v) is 3.41. The second-order valence-corrected chi connectivity index (χ2v) is 8.51. The van der Waals surface area contributed by atoms with Gasteiger partial charge in [0.1, 0.15) is 0 Å². The van der Waals surface area contributed by atoms with Crippen molar-refractivity contribution < 1.29 is 4.74 Å². The minimum atomic E-state index is -0.0791. The van der Waals surface area contributed by atoms with Crippen LogP contribution in [0.5, 0.6) is 0 Å². The first-order valence-corrected chi connectivity index (χ1v) is 9.31. The van der Waals surface area contributed by atoms with E-state index in [4.69, 9.17) is 4.74 Å². The van der Waals surface area contributed by atoms with E-state index >= 15 is 0 Å². The largest absolute Gasteiger partial charge is 0.350 e. The number of ether oxygens (including phenoxy) is 1. The summed E-state index contributed by atoms with van der Waals surface area (Å²) in [6.07, 6.45) is 10.6. The molecule has 0 saturated heterocycles. The molecule has 0 amide bonds. The highest BCUT2D eigenvalue weighted by Gasteiger charge is 2.22. The quantitative estimate of drug-likeness (QED) is 0.383. The lowest BCUT2D eigenvalue weighted by molar-refractivity contribution is -0.0260. The van der Waals surface area contributed by atoms with Crippen LogP contribution in [-0.4, -0.2) is 24.0 Å². The third-order valence-electron chi connectivity index (χ3n) is 3.41. The van der Waals surface area contributed by atoms with E-state index in [1.54, 1.807) is 0 Å². The molecule has 0 rings (SSSR count). The Morgan fingerprint density at radius 1 is 0.682 bits per heavy atom. The Morgan fingerprint density at radius 3 is 1.50 bits per heavy atom. The molecule has 3 nitrogen and oxygen atoms in total. The zero-order valence-corrected chi connectivity index (χ0v) is 16.3. The van der Waals surface area contributed by atoms with Crippen molar-refractivity contribution in [3.8, 4) is 0 Å². The van der Waals surface area contributed by atoms with Crippen LogP contribution in [0.1, 0.15) is 99.8 Å². The summed E-state index contributed by atoms with van der Waals surface area (Å²) in [7, 11) is 0. The fourth-order valence-corrected chi connectivity index (χ4v) is 2.34. The summed E-state index contributed by atoms with van der Waals surface area (Å²) in [4.78, 5) is 0. The van der Waals surface area contributed by atoms with Crippen molar-refractivity contribution in [2.24, 2.45) is 0 Å². The minimum absolute atomic E-state index is 0.0438. The molecule has 0 bridgehead atoms. The number of rotatable bonds is 12. The first-order chi connectivity index (χ1) is 10.1. The van der Waals surface area contributed by atoms with Crippen LogP contribution >= 0.6 is 0 Å². The first-order valence-electron chi connectivity index (χ1n) is 9.31. The van der Waals surface area contributed by atoms with Crippen LogP contribution in [0, 0.1) is 0 Å². The van der Waals surface area contributed by atoms with Crippen molar-refractivity contribution in [3.05, 3.63) is 0 Å². The van der Waals surface area contributed by atoms with Gasteiger partial charge in [-0.15, -0.1) is 0 Å². The average molecular weight is 315 g/mol. The highest BCUT2D eigenvalue weighted by molar-refractivity contribution is 4.77. The number of hydrogen-bond acceptors (Lipinski definition) is 3. The van der Waals surface area contributed by atoms with Crippen molar-refractivity contribution >= 4 is 0 Å². The lowest BCUT2D eigenvalue weighted by Crippen LogP contribution is -2.57. The maximum atomic E-state index is 6.02. The molecule has 0 aliphatic rings. The van der Waals surface area contributed by atoms with Gasteiger partial charge in [0.15, 0.2) is 6.35 Å². The van der Waals surface area contributed by atoms with Crippen molar-refractivity contribution in [1.29, 1.82) is 0 Å². The van der Waals surface area contributed by atoms with Crippen LogP contribution in [0.3, 0.4) is 0 Å². The molecule has 0 spiro atoms. The number of unbranched alkanes of at least 4 members (excludes halogenated alkanes) is 7. The first kappa shape index (κ1) is 21.9. The van der Waals surface area contributed by atoms with Gasteiger partial charge in [-0.1, -0.05) is 51.9 Å². The van der Waals surface area contributed by atoms with Crippen molar-refractivity contribution in [2.75, 3.05) is 6.61 Å². The smallest absolute Gasteiger partial charge is 0.164 e. The van der Waals surface area contributed by atoms with Gasteiger partial charge >= 0.3 is 0 Å². The van der Waals surface area contributed by atoms with Gasteiger partial charge in [0.2, 0.25) is 0 Å². The molecule has 0 heterocycles. The normalized spacial score (nSPS) is 13.1. The van der Waals surface area contributed by atoms with Gasteiger partial charge in [0.25, 0.3) is 0 Å². The predicted molar refractivity (Wildman–Crippen MR) is 98.1 cm³/mol. The Bertz CT molecular complexity index is 237. The van der Waals surface area contributed by atoms with Gasteiger partial charge in [-0.25, -0.2) is 0 Å². The molecule has 0 fully saturated rings. The van der Waals surface area contributed by atoms with Crippen molar-refractivity contribution in [1.82, 2.24) is 10.6 Å². The maximum Gasteiger partial charge on any atom is 0.164 e. The van der Waals surface area contributed by atoms with Crippen LogP contribution in [0.2, 0.25) is 0 Å². The maximum absolute atomic E-state index is 6.02. The Balaban J connectivity index is 3.80. The second kappa shape index (κ2) is 11.4. The van der Waals surface area contributed by atoms with E-state index in [0.717, 1.165) is 13.0 Å². The molecule has 0 atom stereocenters. The van der Waals surface area contributed by atoms with Crippen LogP contribution < -0.4 is 10.6 Å². The Labute approximate surface area is 140 Å². The average Bonchev–Trinajstić information content (AvgIpc) is 2.32. The van der Waals surface area contributed by atoms with Crippen LogP contribution in [0.4, 0.5) is 0 Å².